The van der Waals surface area contributed by atoms with Gasteiger partial charge in [0.1, 0.15) is 0 Å². The molecule has 4 nitrogen and oxygen atoms in total. The Morgan fingerprint density at radius 1 is 1.53 bits per heavy atom. The first-order chi connectivity index (χ1) is 7.11. The smallest absolute Gasteiger partial charge is 0.414 e. The maximum absolute atomic E-state index is 11.5. The van der Waals surface area contributed by atoms with Gasteiger partial charge >= 0.3 is 5.76 Å². The van der Waals surface area contributed by atoms with Crippen LogP contribution in [0.4, 0.5) is 0 Å². The Balaban J connectivity index is 2.75. The molecule has 0 unspecified atom stereocenters. The van der Waals surface area contributed by atoms with Crippen molar-refractivity contribution in [1.29, 1.82) is 0 Å². The zero-order chi connectivity index (χ0) is 11.0. The molecule has 1 heterocycles. The Bertz CT molecular complexity index is 568. The largest absolute Gasteiger partial charge is 0.425 e. The predicted molar refractivity (Wildman–Crippen MR) is 59.3 cm³/mol. The van der Waals surface area contributed by atoms with E-state index in [9.17, 15) is 4.79 Å². The number of benzene rings is 1. The van der Waals surface area contributed by atoms with Crippen molar-refractivity contribution < 1.29 is 4.42 Å². The SMILES string of the molecule is [B]N(C)C(=C)n1c(=O)oc2ccccc21. The Morgan fingerprint density at radius 3 is 2.87 bits per heavy atom. The molecule has 0 aliphatic carbocycles. The number of rotatable bonds is 2. The van der Waals surface area contributed by atoms with E-state index < -0.39 is 5.76 Å². The fraction of sp³-hybridized carbons (Fsp3) is 0.100. The summed E-state index contributed by atoms with van der Waals surface area (Å²) < 4.78 is 6.36. The lowest BCUT2D eigenvalue weighted by Gasteiger charge is -2.15. The third kappa shape index (κ3) is 1.46. The van der Waals surface area contributed by atoms with Crippen molar-refractivity contribution in [2.75, 3.05) is 7.05 Å². The van der Waals surface area contributed by atoms with Gasteiger partial charge in [0.2, 0.25) is 7.98 Å². The highest BCUT2D eigenvalue weighted by Crippen LogP contribution is 2.15. The zero-order valence-electron chi connectivity index (χ0n) is 8.30. The van der Waals surface area contributed by atoms with Gasteiger partial charge in [-0.3, -0.25) is 0 Å². The van der Waals surface area contributed by atoms with Crippen molar-refractivity contribution in [3.63, 3.8) is 0 Å². The molecule has 2 radical (unpaired) electrons. The molecular weight excluding hydrogens is 191 g/mol. The van der Waals surface area contributed by atoms with Gasteiger partial charge in [-0.25, -0.2) is 9.36 Å². The second kappa shape index (κ2) is 3.35. The molecule has 0 bridgehead atoms. The lowest BCUT2D eigenvalue weighted by atomic mass is 10.3. The number of hydrogen-bond acceptors (Lipinski definition) is 3. The third-order valence-electron chi connectivity index (χ3n) is 2.15. The molecule has 0 amide bonds. The molecule has 0 saturated heterocycles. The van der Waals surface area contributed by atoms with Crippen LogP contribution in [0.25, 0.3) is 16.9 Å². The summed E-state index contributed by atoms with van der Waals surface area (Å²) in [6.07, 6.45) is 0. The fourth-order valence-corrected chi connectivity index (χ4v) is 1.37. The van der Waals surface area contributed by atoms with Crippen LogP contribution in [0.5, 0.6) is 0 Å². The number of fused-ring (bicyclic) bond motifs is 1. The molecule has 2 aromatic rings. The summed E-state index contributed by atoms with van der Waals surface area (Å²) in [6.45, 7) is 3.71. The average molecular weight is 200 g/mol. The number of para-hydroxylation sites is 2. The summed E-state index contributed by atoms with van der Waals surface area (Å²) in [5.41, 5.74) is 1.18. The standard InChI is InChI=1S/C10H9BN2O2/c1-7(12(2)11)13-8-5-3-4-6-9(8)15-10(13)14/h3-6H,1H2,2H3. The molecule has 0 atom stereocenters. The Kier molecular flexibility index (Phi) is 2.15. The highest BCUT2D eigenvalue weighted by molar-refractivity contribution is 6.08. The van der Waals surface area contributed by atoms with E-state index in [0.717, 1.165) is 0 Å². The van der Waals surface area contributed by atoms with Crippen LogP contribution in [-0.4, -0.2) is 24.4 Å². The van der Waals surface area contributed by atoms with Crippen molar-refractivity contribution in [3.8, 4) is 0 Å². The normalized spacial score (nSPS) is 10.5. The number of oxazole rings is 1. The zero-order valence-corrected chi connectivity index (χ0v) is 8.30. The molecular formula is C10H9BN2O2. The third-order valence-corrected chi connectivity index (χ3v) is 2.15. The minimum Gasteiger partial charge on any atom is -0.414 e. The molecule has 0 N–H and O–H groups in total. The van der Waals surface area contributed by atoms with Gasteiger partial charge in [-0.2, -0.15) is 0 Å². The van der Waals surface area contributed by atoms with Gasteiger partial charge in [0.25, 0.3) is 0 Å². The molecule has 0 aliphatic heterocycles. The molecule has 74 valence electrons. The van der Waals surface area contributed by atoms with E-state index in [-0.39, 0.29) is 0 Å². The van der Waals surface area contributed by atoms with Crippen LogP contribution < -0.4 is 5.76 Å². The molecule has 0 spiro atoms. The molecule has 0 fully saturated rings. The first-order valence-electron chi connectivity index (χ1n) is 4.39. The lowest BCUT2D eigenvalue weighted by Crippen LogP contribution is -2.23. The van der Waals surface area contributed by atoms with Gasteiger partial charge in [0, 0.05) is 0 Å². The van der Waals surface area contributed by atoms with Crippen LogP contribution in [0.1, 0.15) is 0 Å². The van der Waals surface area contributed by atoms with E-state index in [1.54, 1.807) is 25.2 Å². The first kappa shape index (κ1) is 9.64. The highest BCUT2D eigenvalue weighted by atomic mass is 16.4. The Labute approximate surface area is 87.8 Å². The lowest BCUT2D eigenvalue weighted by molar-refractivity contribution is 0.532. The molecule has 0 saturated carbocycles. The summed E-state index contributed by atoms with van der Waals surface area (Å²) in [5, 5.41) is 0. The van der Waals surface area contributed by atoms with Crippen LogP contribution in [0.3, 0.4) is 0 Å². The van der Waals surface area contributed by atoms with Crippen molar-refractivity contribution in [1.82, 2.24) is 9.38 Å². The summed E-state index contributed by atoms with van der Waals surface area (Å²) in [6, 6.07) is 7.11. The van der Waals surface area contributed by atoms with Crippen molar-refractivity contribution in [3.05, 3.63) is 41.4 Å². The summed E-state index contributed by atoms with van der Waals surface area (Å²) >= 11 is 0. The molecule has 1 aromatic carbocycles. The predicted octanol–water partition coefficient (Wildman–Crippen LogP) is 1.04. The molecule has 1 aromatic heterocycles. The van der Waals surface area contributed by atoms with Crippen LogP contribution in [0.2, 0.25) is 0 Å². The minimum absolute atomic E-state index is 0.366. The molecule has 5 heteroatoms. The number of hydrogen-bond donors (Lipinski definition) is 0. The maximum atomic E-state index is 11.5. The van der Waals surface area contributed by atoms with Crippen molar-refractivity contribution >= 4 is 24.9 Å². The van der Waals surface area contributed by atoms with Crippen LogP contribution in [-0.2, 0) is 0 Å². The van der Waals surface area contributed by atoms with E-state index in [1.165, 1.54) is 9.38 Å². The molecule has 2 rings (SSSR count). The van der Waals surface area contributed by atoms with Gasteiger partial charge in [-0.05, 0) is 19.2 Å². The van der Waals surface area contributed by atoms with Crippen molar-refractivity contribution in [2.45, 2.75) is 0 Å². The van der Waals surface area contributed by atoms with Gasteiger partial charge < -0.3 is 9.23 Å². The van der Waals surface area contributed by atoms with E-state index in [0.29, 0.717) is 16.9 Å². The quantitative estimate of drug-likeness (QED) is 0.679. The summed E-state index contributed by atoms with van der Waals surface area (Å²) in [7, 11) is 7.13. The van der Waals surface area contributed by atoms with E-state index in [4.69, 9.17) is 12.4 Å². The molecule has 15 heavy (non-hydrogen) atoms. The number of aromatic nitrogens is 1. The summed E-state index contributed by atoms with van der Waals surface area (Å²) in [4.78, 5) is 12.8. The molecule has 0 aliphatic rings. The summed E-state index contributed by atoms with van der Waals surface area (Å²) in [5.74, 6) is -0.122. The van der Waals surface area contributed by atoms with Crippen LogP contribution in [0.15, 0.2) is 40.1 Å². The highest BCUT2D eigenvalue weighted by Gasteiger charge is 2.11. The second-order valence-corrected chi connectivity index (χ2v) is 3.20. The average Bonchev–Trinajstić information content (AvgIpc) is 2.52. The second-order valence-electron chi connectivity index (χ2n) is 3.20. The maximum Gasteiger partial charge on any atom is 0.425 e. The minimum atomic E-state index is -0.488. The monoisotopic (exact) mass is 200 g/mol. The van der Waals surface area contributed by atoms with E-state index >= 15 is 0 Å². The van der Waals surface area contributed by atoms with Gasteiger partial charge in [-0.15, -0.1) is 0 Å². The van der Waals surface area contributed by atoms with Gasteiger partial charge in [0.05, 0.1) is 11.3 Å². The Hall–Kier alpha value is -1.91. The first-order valence-corrected chi connectivity index (χ1v) is 4.39. The van der Waals surface area contributed by atoms with Crippen LogP contribution in [0, 0.1) is 0 Å². The van der Waals surface area contributed by atoms with E-state index in [1.807, 2.05) is 6.07 Å². The Morgan fingerprint density at radius 2 is 2.20 bits per heavy atom. The topological polar surface area (TPSA) is 38.4 Å². The van der Waals surface area contributed by atoms with Gasteiger partial charge in [-0.1, -0.05) is 18.7 Å². The van der Waals surface area contributed by atoms with E-state index in [2.05, 4.69) is 6.58 Å². The van der Waals surface area contributed by atoms with Gasteiger partial charge in [0.15, 0.2) is 5.58 Å². The fourth-order valence-electron chi connectivity index (χ4n) is 1.37. The van der Waals surface area contributed by atoms with Crippen LogP contribution >= 0.6 is 0 Å². The van der Waals surface area contributed by atoms with Crippen molar-refractivity contribution in [2.24, 2.45) is 0 Å². The number of nitrogens with zero attached hydrogens (tertiary/aromatic N) is 2.